The highest BCUT2D eigenvalue weighted by Gasteiger charge is 2.07. The average molecular weight is 201 g/mol. The fraction of sp³-hybridized carbons (Fsp3) is 1.00. The Morgan fingerprint density at radius 3 is 2.43 bits per heavy atom. The molecule has 0 fully saturated rings. The number of methoxy groups -OCH3 is 1. The number of hydrogen-bond donors (Lipinski definition) is 1. The van der Waals surface area contributed by atoms with E-state index in [1.54, 1.807) is 7.11 Å². The minimum absolute atomic E-state index is 0.655. The molecule has 0 bridgehead atoms. The molecule has 0 aliphatic carbocycles. The summed E-state index contributed by atoms with van der Waals surface area (Å²) in [7, 11) is 1.77. The van der Waals surface area contributed by atoms with Crippen LogP contribution in [0.1, 0.15) is 46.5 Å². The SMILES string of the molecule is CCC(C)C(C)NCCCCCOC. The van der Waals surface area contributed by atoms with Crippen LogP contribution in [-0.4, -0.2) is 26.3 Å². The standard InChI is InChI=1S/C12H27NO/c1-5-11(2)12(3)13-9-7-6-8-10-14-4/h11-13H,5-10H2,1-4H3. The van der Waals surface area contributed by atoms with Crippen LogP contribution in [0.4, 0.5) is 0 Å². The van der Waals surface area contributed by atoms with Crippen LogP contribution in [-0.2, 0) is 4.74 Å². The Balaban J connectivity index is 3.18. The Labute approximate surface area is 89.4 Å². The van der Waals surface area contributed by atoms with Crippen LogP contribution in [0.3, 0.4) is 0 Å². The van der Waals surface area contributed by atoms with Crippen molar-refractivity contribution in [1.82, 2.24) is 5.32 Å². The number of rotatable bonds is 9. The molecule has 0 spiro atoms. The highest BCUT2D eigenvalue weighted by molar-refractivity contribution is 4.66. The summed E-state index contributed by atoms with van der Waals surface area (Å²) in [5, 5.41) is 3.57. The number of unbranched alkanes of at least 4 members (excludes halogenated alkanes) is 2. The zero-order valence-electron chi connectivity index (χ0n) is 10.3. The lowest BCUT2D eigenvalue weighted by Crippen LogP contribution is -2.32. The first kappa shape index (κ1) is 13.9. The smallest absolute Gasteiger partial charge is 0.0462 e. The topological polar surface area (TPSA) is 21.3 Å². The highest BCUT2D eigenvalue weighted by atomic mass is 16.5. The van der Waals surface area contributed by atoms with Crippen molar-refractivity contribution in [2.24, 2.45) is 5.92 Å². The first-order chi connectivity index (χ1) is 6.72. The van der Waals surface area contributed by atoms with Crippen molar-refractivity contribution in [2.75, 3.05) is 20.3 Å². The van der Waals surface area contributed by atoms with Gasteiger partial charge in [0.25, 0.3) is 0 Å². The minimum atomic E-state index is 0.655. The molecule has 0 aliphatic heterocycles. The van der Waals surface area contributed by atoms with E-state index < -0.39 is 0 Å². The first-order valence-corrected chi connectivity index (χ1v) is 5.94. The minimum Gasteiger partial charge on any atom is -0.385 e. The molecular formula is C12H27NO. The molecule has 2 unspecified atom stereocenters. The molecule has 0 aromatic heterocycles. The maximum atomic E-state index is 5.00. The third-order valence-corrected chi connectivity index (χ3v) is 2.99. The van der Waals surface area contributed by atoms with Crippen LogP contribution in [0.2, 0.25) is 0 Å². The van der Waals surface area contributed by atoms with Gasteiger partial charge in [-0.1, -0.05) is 20.3 Å². The van der Waals surface area contributed by atoms with E-state index >= 15 is 0 Å². The Kier molecular flexibility index (Phi) is 9.42. The maximum absolute atomic E-state index is 5.00. The third kappa shape index (κ3) is 7.34. The van der Waals surface area contributed by atoms with Gasteiger partial charge in [0.1, 0.15) is 0 Å². The monoisotopic (exact) mass is 201 g/mol. The molecule has 86 valence electrons. The Hall–Kier alpha value is -0.0800. The van der Waals surface area contributed by atoms with Crippen LogP contribution in [0.5, 0.6) is 0 Å². The van der Waals surface area contributed by atoms with Crippen molar-refractivity contribution in [2.45, 2.75) is 52.5 Å². The first-order valence-electron chi connectivity index (χ1n) is 5.94. The second-order valence-corrected chi connectivity index (χ2v) is 4.18. The summed E-state index contributed by atoms with van der Waals surface area (Å²) in [5.74, 6) is 0.786. The quantitative estimate of drug-likeness (QED) is 0.579. The molecule has 0 saturated carbocycles. The average Bonchev–Trinajstić information content (AvgIpc) is 2.21. The number of hydrogen-bond acceptors (Lipinski definition) is 2. The molecule has 0 amide bonds. The van der Waals surface area contributed by atoms with Gasteiger partial charge in [-0.2, -0.15) is 0 Å². The van der Waals surface area contributed by atoms with Gasteiger partial charge in [0, 0.05) is 19.8 Å². The predicted octanol–water partition coefficient (Wildman–Crippen LogP) is 2.83. The van der Waals surface area contributed by atoms with Crippen molar-refractivity contribution < 1.29 is 4.74 Å². The lowest BCUT2D eigenvalue weighted by Gasteiger charge is -2.19. The second kappa shape index (κ2) is 9.47. The van der Waals surface area contributed by atoms with Crippen LogP contribution in [0, 0.1) is 5.92 Å². The zero-order chi connectivity index (χ0) is 10.8. The number of nitrogens with one attached hydrogen (secondary N) is 1. The van der Waals surface area contributed by atoms with E-state index in [0.29, 0.717) is 6.04 Å². The summed E-state index contributed by atoms with van der Waals surface area (Å²) in [4.78, 5) is 0. The van der Waals surface area contributed by atoms with E-state index in [1.807, 2.05) is 0 Å². The molecule has 0 aliphatic rings. The van der Waals surface area contributed by atoms with Gasteiger partial charge in [-0.15, -0.1) is 0 Å². The molecule has 14 heavy (non-hydrogen) atoms. The molecule has 1 N–H and O–H groups in total. The number of ether oxygens (including phenoxy) is 1. The fourth-order valence-electron chi connectivity index (χ4n) is 1.43. The van der Waals surface area contributed by atoms with Crippen LogP contribution in [0.15, 0.2) is 0 Å². The Bertz CT molecular complexity index is 117. The van der Waals surface area contributed by atoms with Crippen molar-refractivity contribution in [3.05, 3.63) is 0 Å². The van der Waals surface area contributed by atoms with E-state index in [9.17, 15) is 0 Å². The van der Waals surface area contributed by atoms with Crippen molar-refractivity contribution in [1.29, 1.82) is 0 Å². The molecule has 0 rings (SSSR count). The van der Waals surface area contributed by atoms with Gasteiger partial charge >= 0.3 is 0 Å². The van der Waals surface area contributed by atoms with Gasteiger partial charge in [-0.25, -0.2) is 0 Å². The van der Waals surface area contributed by atoms with Crippen LogP contribution >= 0.6 is 0 Å². The molecule has 2 atom stereocenters. The molecular weight excluding hydrogens is 174 g/mol. The fourth-order valence-corrected chi connectivity index (χ4v) is 1.43. The third-order valence-electron chi connectivity index (χ3n) is 2.99. The van der Waals surface area contributed by atoms with Gasteiger partial charge in [0.15, 0.2) is 0 Å². The molecule has 0 aromatic carbocycles. The normalized spacial score (nSPS) is 15.4. The van der Waals surface area contributed by atoms with Gasteiger partial charge in [0.2, 0.25) is 0 Å². The van der Waals surface area contributed by atoms with Gasteiger partial charge < -0.3 is 10.1 Å². The summed E-state index contributed by atoms with van der Waals surface area (Å²) >= 11 is 0. The molecule has 2 nitrogen and oxygen atoms in total. The lowest BCUT2D eigenvalue weighted by atomic mass is 10.0. The molecule has 0 radical (unpaired) electrons. The van der Waals surface area contributed by atoms with Crippen LogP contribution in [0.25, 0.3) is 0 Å². The largest absolute Gasteiger partial charge is 0.385 e. The van der Waals surface area contributed by atoms with Gasteiger partial charge in [0.05, 0.1) is 0 Å². The van der Waals surface area contributed by atoms with E-state index in [1.165, 1.54) is 25.7 Å². The summed E-state index contributed by atoms with van der Waals surface area (Å²) < 4.78 is 5.00. The second-order valence-electron chi connectivity index (χ2n) is 4.18. The van der Waals surface area contributed by atoms with Crippen molar-refractivity contribution >= 4 is 0 Å². The summed E-state index contributed by atoms with van der Waals surface area (Å²) in [6.07, 6.45) is 4.99. The Morgan fingerprint density at radius 2 is 1.86 bits per heavy atom. The maximum Gasteiger partial charge on any atom is 0.0462 e. The van der Waals surface area contributed by atoms with Gasteiger partial charge in [-0.05, 0) is 38.6 Å². The zero-order valence-corrected chi connectivity index (χ0v) is 10.3. The highest BCUT2D eigenvalue weighted by Crippen LogP contribution is 2.06. The van der Waals surface area contributed by atoms with E-state index in [4.69, 9.17) is 4.74 Å². The predicted molar refractivity (Wildman–Crippen MR) is 62.6 cm³/mol. The summed E-state index contributed by atoms with van der Waals surface area (Å²) in [6, 6.07) is 0.655. The van der Waals surface area contributed by atoms with Crippen molar-refractivity contribution in [3.8, 4) is 0 Å². The summed E-state index contributed by atoms with van der Waals surface area (Å²) in [6.45, 7) is 8.89. The summed E-state index contributed by atoms with van der Waals surface area (Å²) in [5.41, 5.74) is 0. The Morgan fingerprint density at radius 1 is 1.14 bits per heavy atom. The van der Waals surface area contributed by atoms with E-state index in [0.717, 1.165) is 19.1 Å². The molecule has 0 aromatic rings. The molecule has 0 heterocycles. The van der Waals surface area contributed by atoms with Gasteiger partial charge in [-0.3, -0.25) is 0 Å². The molecule has 2 heteroatoms. The van der Waals surface area contributed by atoms with E-state index in [-0.39, 0.29) is 0 Å². The molecule has 0 saturated heterocycles. The van der Waals surface area contributed by atoms with E-state index in [2.05, 4.69) is 26.1 Å². The van der Waals surface area contributed by atoms with Crippen molar-refractivity contribution in [3.63, 3.8) is 0 Å². The van der Waals surface area contributed by atoms with Crippen LogP contribution < -0.4 is 5.32 Å². The lowest BCUT2D eigenvalue weighted by molar-refractivity contribution is 0.192.